The average molecular weight is 293 g/mol. The fourth-order valence-electron chi connectivity index (χ4n) is 2.96. The minimum absolute atomic E-state index is 0.0438. The molecule has 2 atom stereocenters. The molecular formula is C14H19N3O4. The van der Waals surface area contributed by atoms with Gasteiger partial charge in [0.05, 0.1) is 15.9 Å². The van der Waals surface area contributed by atoms with Crippen LogP contribution in [0.1, 0.15) is 37.7 Å². The van der Waals surface area contributed by atoms with Crippen molar-refractivity contribution >= 4 is 11.4 Å². The van der Waals surface area contributed by atoms with Crippen LogP contribution in [0, 0.1) is 26.1 Å². The van der Waals surface area contributed by atoms with Crippen LogP contribution in [-0.4, -0.2) is 15.9 Å². The highest BCUT2D eigenvalue weighted by atomic mass is 16.6. The van der Waals surface area contributed by atoms with Crippen molar-refractivity contribution < 1.29 is 9.85 Å². The lowest BCUT2D eigenvalue weighted by molar-refractivity contribution is -0.394. The summed E-state index contributed by atoms with van der Waals surface area (Å²) < 4.78 is 0. The van der Waals surface area contributed by atoms with E-state index >= 15 is 0 Å². The highest BCUT2D eigenvalue weighted by molar-refractivity contribution is 5.49. The van der Waals surface area contributed by atoms with Crippen LogP contribution in [0.5, 0.6) is 0 Å². The standard InChI is InChI=1S/C14H19N3O4/c15-13-5-3-1-2-4-10(13)8-11-6-7-12(16(18)19)9-14(11)17(20)21/h6-7,9-10,13H,1-5,8,15H2. The SMILES string of the molecule is NC1CCCCCC1Cc1ccc([N+](=O)[O-])cc1[N+](=O)[O-]. The third-order valence-corrected chi connectivity index (χ3v) is 4.18. The average Bonchev–Trinajstić information content (AvgIpc) is 2.64. The van der Waals surface area contributed by atoms with Crippen molar-refractivity contribution in [3.8, 4) is 0 Å². The van der Waals surface area contributed by atoms with E-state index in [9.17, 15) is 20.2 Å². The highest BCUT2D eigenvalue weighted by Crippen LogP contribution is 2.31. The molecule has 0 amide bonds. The van der Waals surface area contributed by atoms with Gasteiger partial charge >= 0.3 is 0 Å². The molecule has 0 aromatic heterocycles. The Bertz CT molecular complexity index is 547. The van der Waals surface area contributed by atoms with Gasteiger partial charge in [-0.3, -0.25) is 20.2 Å². The topological polar surface area (TPSA) is 112 Å². The highest BCUT2D eigenvalue weighted by Gasteiger charge is 2.25. The third kappa shape index (κ3) is 3.75. The lowest BCUT2D eigenvalue weighted by Crippen LogP contribution is -2.30. The van der Waals surface area contributed by atoms with Crippen molar-refractivity contribution in [1.82, 2.24) is 0 Å². The molecule has 1 saturated carbocycles. The molecule has 7 heteroatoms. The van der Waals surface area contributed by atoms with Gasteiger partial charge in [-0.25, -0.2) is 0 Å². The molecule has 114 valence electrons. The maximum Gasteiger partial charge on any atom is 0.279 e. The van der Waals surface area contributed by atoms with Crippen LogP contribution in [0.15, 0.2) is 18.2 Å². The van der Waals surface area contributed by atoms with E-state index < -0.39 is 9.85 Å². The second-order valence-corrected chi connectivity index (χ2v) is 5.59. The lowest BCUT2D eigenvalue weighted by Gasteiger charge is -2.21. The van der Waals surface area contributed by atoms with Gasteiger partial charge in [0.2, 0.25) is 0 Å². The summed E-state index contributed by atoms with van der Waals surface area (Å²) in [4.78, 5) is 20.7. The minimum atomic E-state index is -0.617. The van der Waals surface area contributed by atoms with Crippen LogP contribution in [0.2, 0.25) is 0 Å². The van der Waals surface area contributed by atoms with Crippen molar-refractivity contribution in [2.24, 2.45) is 11.7 Å². The van der Waals surface area contributed by atoms with Gasteiger partial charge in [-0.2, -0.15) is 0 Å². The van der Waals surface area contributed by atoms with Gasteiger partial charge in [0, 0.05) is 17.7 Å². The molecule has 1 aliphatic rings. The molecule has 2 unspecified atom stereocenters. The second kappa shape index (κ2) is 6.62. The molecule has 2 rings (SSSR count). The molecule has 0 spiro atoms. The molecule has 0 aliphatic heterocycles. The van der Waals surface area contributed by atoms with Crippen LogP contribution >= 0.6 is 0 Å². The van der Waals surface area contributed by atoms with Gasteiger partial charge in [0.1, 0.15) is 0 Å². The Kier molecular flexibility index (Phi) is 4.85. The molecule has 1 fully saturated rings. The predicted octanol–water partition coefficient (Wildman–Crippen LogP) is 2.95. The number of rotatable bonds is 4. The Morgan fingerprint density at radius 3 is 2.48 bits per heavy atom. The van der Waals surface area contributed by atoms with Gasteiger partial charge < -0.3 is 5.73 Å². The summed E-state index contributed by atoms with van der Waals surface area (Å²) in [7, 11) is 0. The van der Waals surface area contributed by atoms with Gasteiger partial charge in [0.15, 0.2) is 0 Å². The zero-order valence-corrected chi connectivity index (χ0v) is 11.7. The van der Waals surface area contributed by atoms with E-state index in [-0.39, 0.29) is 23.3 Å². The molecule has 1 aromatic carbocycles. The number of benzene rings is 1. The van der Waals surface area contributed by atoms with Crippen molar-refractivity contribution in [3.05, 3.63) is 44.0 Å². The van der Waals surface area contributed by atoms with Crippen molar-refractivity contribution in [3.63, 3.8) is 0 Å². The summed E-state index contributed by atoms with van der Waals surface area (Å²) in [6.45, 7) is 0. The quantitative estimate of drug-likeness (QED) is 0.521. The first-order valence-corrected chi connectivity index (χ1v) is 7.16. The van der Waals surface area contributed by atoms with E-state index in [1.54, 1.807) is 0 Å². The van der Waals surface area contributed by atoms with Crippen molar-refractivity contribution in [2.45, 2.75) is 44.6 Å². The first kappa shape index (κ1) is 15.4. The van der Waals surface area contributed by atoms with E-state index in [0.29, 0.717) is 12.0 Å². The molecule has 1 aromatic rings. The zero-order chi connectivity index (χ0) is 15.4. The molecule has 0 bridgehead atoms. The Morgan fingerprint density at radius 1 is 1.10 bits per heavy atom. The normalized spacial score (nSPS) is 22.5. The number of nitro benzene ring substituents is 2. The maximum absolute atomic E-state index is 11.1. The largest absolute Gasteiger partial charge is 0.327 e. The lowest BCUT2D eigenvalue weighted by atomic mass is 9.88. The van der Waals surface area contributed by atoms with Gasteiger partial charge in [0.25, 0.3) is 11.4 Å². The first-order chi connectivity index (χ1) is 9.99. The molecule has 7 nitrogen and oxygen atoms in total. The van der Waals surface area contributed by atoms with Crippen LogP contribution in [-0.2, 0) is 6.42 Å². The van der Waals surface area contributed by atoms with Crippen molar-refractivity contribution in [1.29, 1.82) is 0 Å². The van der Waals surface area contributed by atoms with E-state index in [2.05, 4.69) is 0 Å². The second-order valence-electron chi connectivity index (χ2n) is 5.59. The van der Waals surface area contributed by atoms with Crippen LogP contribution in [0.3, 0.4) is 0 Å². The smallest absolute Gasteiger partial charge is 0.279 e. The third-order valence-electron chi connectivity index (χ3n) is 4.18. The summed E-state index contributed by atoms with van der Waals surface area (Å²) in [6, 6.07) is 3.90. The Morgan fingerprint density at radius 2 is 1.81 bits per heavy atom. The van der Waals surface area contributed by atoms with Gasteiger partial charge in [-0.05, 0) is 31.2 Å². The molecular weight excluding hydrogens is 274 g/mol. The molecule has 0 heterocycles. The summed E-state index contributed by atoms with van der Waals surface area (Å²) in [5.41, 5.74) is 6.25. The number of hydrogen-bond donors (Lipinski definition) is 1. The van der Waals surface area contributed by atoms with Crippen LogP contribution < -0.4 is 5.73 Å². The van der Waals surface area contributed by atoms with Crippen LogP contribution in [0.4, 0.5) is 11.4 Å². The summed E-state index contributed by atoms with van der Waals surface area (Å²) in [5.74, 6) is 0.202. The Balaban J connectivity index is 2.26. The fraction of sp³-hybridized carbons (Fsp3) is 0.571. The Hall–Kier alpha value is -2.02. The van der Waals surface area contributed by atoms with Crippen LogP contribution in [0.25, 0.3) is 0 Å². The molecule has 0 saturated heterocycles. The van der Waals surface area contributed by atoms with Crippen molar-refractivity contribution in [2.75, 3.05) is 0 Å². The fourth-order valence-corrected chi connectivity index (χ4v) is 2.96. The molecule has 2 N–H and O–H groups in total. The Labute approximate surface area is 122 Å². The monoisotopic (exact) mass is 293 g/mol. The molecule has 0 radical (unpaired) electrons. The van der Waals surface area contributed by atoms with E-state index in [1.165, 1.54) is 12.1 Å². The number of nitrogens with zero attached hydrogens (tertiary/aromatic N) is 2. The first-order valence-electron chi connectivity index (χ1n) is 7.16. The number of nitrogens with two attached hydrogens (primary N) is 1. The summed E-state index contributed by atoms with van der Waals surface area (Å²) in [6.07, 6.45) is 5.72. The van der Waals surface area contributed by atoms with E-state index in [0.717, 1.165) is 38.2 Å². The summed E-state index contributed by atoms with van der Waals surface area (Å²) in [5, 5.41) is 21.9. The number of hydrogen-bond acceptors (Lipinski definition) is 5. The molecule has 21 heavy (non-hydrogen) atoms. The number of nitro groups is 2. The predicted molar refractivity (Wildman–Crippen MR) is 78.0 cm³/mol. The van der Waals surface area contributed by atoms with E-state index in [1.807, 2.05) is 0 Å². The van der Waals surface area contributed by atoms with Gasteiger partial charge in [-0.1, -0.05) is 19.3 Å². The maximum atomic E-state index is 11.1. The summed E-state index contributed by atoms with van der Waals surface area (Å²) >= 11 is 0. The number of non-ortho nitro benzene ring substituents is 1. The van der Waals surface area contributed by atoms with Gasteiger partial charge in [-0.15, -0.1) is 0 Å². The zero-order valence-electron chi connectivity index (χ0n) is 11.7. The minimum Gasteiger partial charge on any atom is -0.327 e. The van der Waals surface area contributed by atoms with E-state index in [4.69, 9.17) is 5.73 Å². The molecule has 1 aliphatic carbocycles.